The first-order valence-corrected chi connectivity index (χ1v) is 9.41. The molecular weight excluding hydrogens is 360 g/mol. The molecule has 1 aliphatic heterocycles. The van der Waals surface area contributed by atoms with Crippen molar-refractivity contribution >= 4 is 39.5 Å². The second kappa shape index (κ2) is 7.44. The third kappa shape index (κ3) is 3.19. The van der Waals surface area contributed by atoms with E-state index >= 15 is 0 Å². The molecule has 3 heterocycles. The zero-order valence-electron chi connectivity index (χ0n) is 14.5. The Labute approximate surface area is 162 Å². The van der Waals surface area contributed by atoms with Crippen molar-refractivity contribution in [1.29, 1.82) is 0 Å². The van der Waals surface area contributed by atoms with Gasteiger partial charge in [-0.05, 0) is 17.5 Å². The Morgan fingerprint density at radius 3 is 2.44 bits per heavy atom. The normalized spacial score (nSPS) is 14.3. The van der Waals surface area contributed by atoms with E-state index in [0.717, 1.165) is 21.5 Å². The number of carbonyl (C=O) groups excluding carboxylic acids is 1. The molecule has 1 aliphatic rings. The van der Waals surface area contributed by atoms with Crippen LogP contribution in [0.15, 0.2) is 46.6 Å². The summed E-state index contributed by atoms with van der Waals surface area (Å²) in [6.45, 7) is 2.52. The Morgan fingerprint density at radius 2 is 1.78 bits per heavy atom. The van der Waals surface area contributed by atoms with E-state index in [4.69, 9.17) is 5.73 Å². The topological polar surface area (TPSA) is 71.6 Å². The minimum Gasteiger partial charge on any atom is -0.393 e. The standard InChI is InChI=1S/C19H20N4O2S.CH4/c1-21-14-6-3-2-5-13(14)17(16(20)19(21)25)22-8-10-23(11-9-22)18(24)15-7-4-12-26-15;/h2-7,12H,8-11,20H2,1H3;1H4. The maximum absolute atomic E-state index is 12.5. The summed E-state index contributed by atoms with van der Waals surface area (Å²) in [6, 6.07) is 11.5. The number of hydrogen-bond acceptors (Lipinski definition) is 5. The molecule has 142 valence electrons. The molecule has 2 aromatic heterocycles. The van der Waals surface area contributed by atoms with E-state index < -0.39 is 0 Å². The molecule has 0 atom stereocenters. The number of fused-ring (bicyclic) bond motifs is 1. The minimum atomic E-state index is -0.184. The Balaban J connectivity index is 0.00000210. The Hall–Kier alpha value is -2.80. The molecule has 1 aromatic carbocycles. The molecule has 6 nitrogen and oxygen atoms in total. The Morgan fingerprint density at radius 1 is 1.07 bits per heavy atom. The van der Waals surface area contributed by atoms with E-state index in [-0.39, 0.29) is 24.6 Å². The van der Waals surface area contributed by atoms with Gasteiger partial charge in [-0.15, -0.1) is 11.3 Å². The number of nitrogens with two attached hydrogens (primary N) is 1. The van der Waals surface area contributed by atoms with Gasteiger partial charge in [-0.1, -0.05) is 31.7 Å². The Kier molecular flexibility index (Phi) is 5.23. The summed E-state index contributed by atoms with van der Waals surface area (Å²) in [5.41, 5.74) is 7.93. The van der Waals surface area contributed by atoms with Crippen molar-refractivity contribution in [2.24, 2.45) is 7.05 Å². The molecule has 27 heavy (non-hydrogen) atoms. The SMILES string of the molecule is C.Cn1c(=O)c(N)c(N2CCN(C(=O)c3cccs3)CC2)c2ccccc21. The number of aryl methyl sites for hydroxylation is 1. The van der Waals surface area contributed by atoms with Crippen LogP contribution in [0, 0.1) is 0 Å². The summed E-state index contributed by atoms with van der Waals surface area (Å²) in [7, 11) is 1.74. The fourth-order valence-electron chi connectivity index (χ4n) is 3.53. The number of benzene rings is 1. The molecule has 0 bridgehead atoms. The van der Waals surface area contributed by atoms with E-state index in [2.05, 4.69) is 4.90 Å². The van der Waals surface area contributed by atoms with Crippen LogP contribution >= 0.6 is 11.3 Å². The van der Waals surface area contributed by atoms with E-state index in [9.17, 15) is 9.59 Å². The monoisotopic (exact) mass is 384 g/mol. The molecule has 0 spiro atoms. The molecule has 0 unspecified atom stereocenters. The first-order valence-electron chi connectivity index (χ1n) is 8.53. The van der Waals surface area contributed by atoms with Crippen LogP contribution in [0.2, 0.25) is 0 Å². The number of amides is 1. The smallest absolute Gasteiger partial charge is 0.276 e. The largest absolute Gasteiger partial charge is 0.393 e. The maximum atomic E-state index is 12.5. The third-order valence-electron chi connectivity index (χ3n) is 4.93. The lowest BCUT2D eigenvalue weighted by Crippen LogP contribution is -2.49. The first kappa shape index (κ1) is 19.0. The maximum Gasteiger partial charge on any atom is 0.276 e. The summed E-state index contributed by atoms with van der Waals surface area (Å²) < 4.78 is 1.59. The number of para-hydroxylation sites is 1. The van der Waals surface area contributed by atoms with Crippen molar-refractivity contribution in [2.75, 3.05) is 36.8 Å². The number of pyridine rings is 1. The number of aromatic nitrogens is 1. The van der Waals surface area contributed by atoms with Crippen molar-refractivity contribution in [3.05, 3.63) is 57.0 Å². The molecule has 0 saturated carbocycles. The van der Waals surface area contributed by atoms with Crippen LogP contribution < -0.4 is 16.2 Å². The van der Waals surface area contributed by atoms with Gasteiger partial charge < -0.3 is 20.1 Å². The molecule has 2 N–H and O–H groups in total. The molecular formula is C20H24N4O2S. The second-order valence-electron chi connectivity index (χ2n) is 6.40. The summed E-state index contributed by atoms with van der Waals surface area (Å²) in [5.74, 6) is 0.0708. The summed E-state index contributed by atoms with van der Waals surface area (Å²) in [6.07, 6.45) is 0. The third-order valence-corrected chi connectivity index (χ3v) is 5.78. The molecule has 1 amide bonds. The summed E-state index contributed by atoms with van der Waals surface area (Å²) in [5, 5.41) is 2.88. The van der Waals surface area contributed by atoms with Gasteiger partial charge in [-0.3, -0.25) is 9.59 Å². The van der Waals surface area contributed by atoms with Crippen molar-refractivity contribution in [3.8, 4) is 0 Å². The van der Waals surface area contributed by atoms with Crippen LogP contribution in [0.1, 0.15) is 17.1 Å². The number of thiophene rings is 1. The molecule has 7 heteroatoms. The number of nitrogens with zero attached hydrogens (tertiary/aromatic N) is 3. The van der Waals surface area contributed by atoms with Crippen LogP contribution in [-0.4, -0.2) is 41.6 Å². The summed E-state index contributed by atoms with van der Waals surface area (Å²) in [4.78, 5) is 29.8. The van der Waals surface area contributed by atoms with Gasteiger partial charge in [0.2, 0.25) is 0 Å². The van der Waals surface area contributed by atoms with Crippen LogP contribution in [-0.2, 0) is 7.05 Å². The van der Waals surface area contributed by atoms with Gasteiger partial charge in [-0.25, -0.2) is 0 Å². The van der Waals surface area contributed by atoms with E-state index in [1.807, 2.05) is 46.7 Å². The quantitative estimate of drug-likeness (QED) is 0.737. The number of piperazine rings is 1. The van der Waals surface area contributed by atoms with Crippen LogP contribution in [0.25, 0.3) is 10.9 Å². The number of rotatable bonds is 2. The highest BCUT2D eigenvalue weighted by Crippen LogP contribution is 2.31. The van der Waals surface area contributed by atoms with Gasteiger partial charge in [0.1, 0.15) is 5.69 Å². The molecule has 3 aromatic rings. The lowest BCUT2D eigenvalue weighted by Gasteiger charge is -2.37. The highest BCUT2D eigenvalue weighted by molar-refractivity contribution is 7.12. The van der Waals surface area contributed by atoms with Gasteiger partial charge in [0.05, 0.1) is 16.1 Å². The predicted molar refractivity (Wildman–Crippen MR) is 113 cm³/mol. The zero-order valence-corrected chi connectivity index (χ0v) is 15.3. The fourth-order valence-corrected chi connectivity index (χ4v) is 4.22. The van der Waals surface area contributed by atoms with Crippen molar-refractivity contribution in [2.45, 2.75) is 7.43 Å². The van der Waals surface area contributed by atoms with E-state index in [0.29, 0.717) is 26.2 Å². The van der Waals surface area contributed by atoms with Crippen molar-refractivity contribution in [1.82, 2.24) is 9.47 Å². The molecule has 0 radical (unpaired) electrons. The zero-order chi connectivity index (χ0) is 18.3. The first-order chi connectivity index (χ1) is 12.6. The number of anilines is 2. The van der Waals surface area contributed by atoms with E-state index in [1.165, 1.54) is 11.3 Å². The second-order valence-corrected chi connectivity index (χ2v) is 7.35. The number of hydrogen-bond donors (Lipinski definition) is 1. The minimum absolute atomic E-state index is 0. The van der Waals surface area contributed by atoms with Gasteiger partial charge >= 0.3 is 0 Å². The Bertz CT molecular complexity index is 1020. The van der Waals surface area contributed by atoms with Crippen LogP contribution in [0.4, 0.5) is 11.4 Å². The van der Waals surface area contributed by atoms with Gasteiger partial charge in [-0.2, -0.15) is 0 Å². The number of nitrogen functional groups attached to an aromatic ring is 1. The van der Waals surface area contributed by atoms with E-state index in [1.54, 1.807) is 11.6 Å². The average molecular weight is 385 g/mol. The predicted octanol–water partition coefficient (Wildman–Crippen LogP) is 2.78. The molecule has 0 aliphatic carbocycles. The average Bonchev–Trinajstić information content (AvgIpc) is 3.21. The van der Waals surface area contributed by atoms with Gasteiger partial charge in [0.15, 0.2) is 0 Å². The number of carbonyl (C=O) groups is 1. The summed E-state index contributed by atoms with van der Waals surface area (Å²) >= 11 is 1.46. The lowest BCUT2D eigenvalue weighted by molar-refractivity contribution is 0.0752. The molecule has 4 rings (SSSR count). The fraction of sp³-hybridized carbons (Fsp3) is 0.300. The molecule has 1 saturated heterocycles. The van der Waals surface area contributed by atoms with Crippen molar-refractivity contribution in [3.63, 3.8) is 0 Å². The lowest BCUT2D eigenvalue weighted by atomic mass is 10.1. The molecule has 1 fully saturated rings. The van der Waals surface area contributed by atoms with Crippen LogP contribution in [0.3, 0.4) is 0 Å². The highest BCUT2D eigenvalue weighted by atomic mass is 32.1. The van der Waals surface area contributed by atoms with Crippen molar-refractivity contribution < 1.29 is 4.79 Å². The highest BCUT2D eigenvalue weighted by Gasteiger charge is 2.26. The van der Waals surface area contributed by atoms with Gasteiger partial charge in [0, 0.05) is 38.6 Å². The van der Waals surface area contributed by atoms with Crippen LogP contribution in [0.5, 0.6) is 0 Å². The van der Waals surface area contributed by atoms with Gasteiger partial charge in [0.25, 0.3) is 11.5 Å².